The van der Waals surface area contributed by atoms with Gasteiger partial charge in [-0.2, -0.15) is 0 Å². The molecule has 1 atom stereocenters. The molecule has 0 saturated heterocycles. The van der Waals surface area contributed by atoms with Crippen molar-refractivity contribution < 1.29 is 9.90 Å². The molecule has 1 N–H and O–H groups in total. The summed E-state index contributed by atoms with van der Waals surface area (Å²) in [6, 6.07) is 13.4. The summed E-state index contributed by atoms with van der Waals surface area (Å²) in [6.45, 7) is 0. The normalized spacial score (nSPS) is 12.3. The van der Waals surface area contributed by atoms with Gasteiger partial charge in [0, 0.05) is 18.9 Å². The monoisotopic (exact) mass is 229 g/mol. The van der Waals surface area contributed by atoms with Gasteiger partial charge in [0.1, 0.15) is 5.92 Å². The number of benzene rings is 1. The number of carboxylic acids is 1. The summed E-state index contributed by atoms with van der Waals surface area (Å²) in [4.78, 5) is 11.3. The van der Waals surface area contributed by atoms with Crippen LogP contribution in [0.3, 0.4) is 0 Å². The van der Waals surface area contributed by atoms with Gasteiger partial charge in [-0.3, -0.25) is 4.79 Å². The zero-order valence-corrected chi connectivity index (χ0v) is 9.71. The maximum Gasteiger partial charge on any atom is 0.312 e. The molecule has 0 radical (unpaired) electrons. The second-order valence-electron chi connectivity index (χ2n) is 4.12. The van der Waals surface area contributed by atoms with Crippen LogP contribution in [-0.2, 0) is 18.3 Å². The van der Waals surface area contributed by atoms with E-state index < -0.39 is 11.9 Å². The molecular formula is C14H15NO2. The molecule has 17 heavy (non-hydrogen) atoms. The molecule has 88 valence electrons. The molecule has 2 aromatic rings. The zero-order chi connectivity index (χ0) is 12.3. The fourth-order valence-corrected chi connectivity index (χ4v) is 2.00. The molecule has 1 aromatic heterocycles. The molecule has 3 heteroatoms. The quantitative estimate of drug-likeness (QED) is 0.875. The van der Waals surface area contributed by atoms with Crippen molar-refractivity contribution >= 4 is 5.97 Å². The van der Waals surface area contributed by atoms with Crippen LogP contribution < -0.4 is 0 Å². The predicted molar refractivity (Wildman–Crippen MR) is 65.9 cm³/mol. The minimum atomic E-state index is -0.782. The van der Waals surface area contributed by atoms with E-state index in [0.29, 0.717) is 6.42 Å². The van der Waals surface area contributed by atoms with Gasteiger partial charge in [-0.1, -0.05) is 30.3 Å². The molecule has 2 rings (SSSR count). The molecule has 1 unspecified atom stereocenters. The summed E-state index contributed by atoms with van der Waals surface area (Å²) in [6.07, 6.45) is 2.39. The van der Waals surface area contributed by atoms with Gasteiger partial charge in [-0.05, 0) is 24.1 Å². The van der Waals surface area contributed by atoms with E-state index in [-0.39, 0.29) is 0 Å². The second-order valence-corrected chi connectivity index (χ2v) is 4.12. The number of aliphatic carboxylic acids is 1. The van der Waals surface area contributed by atoms with Crippen molar-refractivity contribution in [1.82, 2.24) is 4.57 Å². The van der Waals surface area contributed by atoms with Gasteiger partial charge in [0.15, 0.2) is 0 Å². The lowest BCUT2D eigenvalue weighted by Crippen LogP contribution is -2.17. The third kappa shape index (κ3) is 2.56. The Balaban J connectivity index is 2.26. The minimum Gasteiger partial charge on any atom is -0.481 e. The first-order valence-corrected chi connectivity index (χ1v) is 5.56. The number of hydrogen-bond donors (Lipinski definition) is 1. The Morgan fingerprint density at radius 3 is 2.47 bits per heavy atom. The Bertz CT molecular complexity index is 502. The van der Waals surface area contributed by atoms with Gasteiger partial charge < -0.3 is 9.67 Å². The van der Waals surface area contributed by atoms with Crippen LogP contribution in [0.2, 0.25) is 0 Å². The van der Waals surface area contributed by atoms with E-state index in [9.17, 15) is 9.90 Å². The highest BCUT2D eigenvalue weighted by molar-refractivity contribution is 5.76. The highest BCUT2D eigenvalue weighted by Gasteiger charge is 2.22. The number of rotatable bonds is 4. The molecule has 0 fully saturated rings. The minimum absolute atomic E-state index is 0.489. The van der Waals surface area contributed by atoms with Gasteiger partial charge in [0.2, 0.25) is 0 Å². The van der Waals surface area contributed by atoms with Crippen molar-refractivity contribution in [3.05, 3.63) is 59.9 Å². The average molecular weight is 229 g/mol. The third-order valence-electron chi connectivity index (χ3n) is 2.92. The van der Waals surface area contributed by atoms with E-state index in [4.69, 9.17) is 0 Å². The fraction of sp³-hybridized carbons (Fsp3) is 0.214. The van der Waals surface area contributed by atoms with E-state index in [2.05, 4.69) is 0 Å². The Hall–Kier alpha value is -2.03. The highest BCUT2D eigenvalue weighted by Crippen LogP contribution is 2.21. The molecule has 0 aliphatic carbocycles. The molecule has 0 saturated carbocycles. The summed E-state index contributed by atoms with van der Waals surface area (Å²) in [7, 11) is 1.87. The van der Waals surface area contributed by atoms with Gasteiger partial charge in [0.25, 0.3) is 0 Å². The van der Waals surface area contributed by atoms with Crippen LogP contribution in [0.4, 0.5) is 0 Å². The first-order chi connectivity index (χ1) is 8.18. The summed E-state index contributed by atoms with van der Waals surface area (Å²) < 4.78 is 1.86. The van der Waals surface area contributed by atoms with E-state index >= 15 is 0 Å². The van der Waals surface area contributed by atoms with Crippen molar-refractivity contribution in [2.75, 3.05) is 0 Å². The average Bonchev–Trinajstić information content (AvgIpc) is 2.73. The number of aryl methyl sites for hydroxylation is 1. The smallest absolute Gasteiger partial charge is 0.312 e. The summed E-state index contributed by atoms with van der Waals surface area (Å²) in [5.74, 6) is -1.27. The fourth-order valence-electron chi connectivity index (χ4n) is 2.00. The SMILES string of the molecule is Cn1cccc1C(Cc1ccccc1)C(=O)O. The lowest BCUT2D eigenvalue weighted by atomic mass is 9.96. The molecule has 1 aromatic carbocycles. The van der Waals surface area contributed by atoms with E-state index in [1.54, 1.807) is 0 Å². The van der Waals surface area contributed by atoms with Gasteiger partial charge in [-0.25, -0.2) is 0 Å². The zero-order valence-electron chi connectivity index (χ0n) is 9.71. The van der Waals surface area contributed by atoms with Crippen molar-refractivity contribution in [3.63, 3.8) is 0 Å². The summed E-state index contributed by atoms with van der Waals surface area (Å²) >= 11 is 0. The van der Waals surface area contributed by atoms with E-state index in [0.717, 1.165) is 11.3 Å². The lowest BCUT2D eigenvalue weighted by Gasteiger charge is -2.13. The van der Waals surface area contributed by atoms with Crippen LogP contribution in [0.15, 0.2) is 48.7 Å². The largest absolute Gasteiger partial charge is 0.481 e. The van der Waals surface area contributed by atoms with Crippen molar-refractivity contribution in [2.45, 2.75) is 12.3 Å². The molecule has 0 amide bonds. The second kappa shape index (κ2) is 4.87. The molecular weight excluding hydrogens is 214 g/mol. The first-order valence-electron chi connectivity index (χ1n) is 5.56. The van der Waals surface area contributed by atoms with Crippen LogP contribution in [0.5, 0.6) is 0 Å². The molecule has 0 aliphatic rings. The number of carboxylic acid groups (broad SMARTS) is 1. The number of aromatic nitrogens is 1. The maximum atomic E-state index is 11.3. The predicted octanol–water partition coefficient (Wildman–Crippen LogP) is 2.44. The Morgan fingerprint density at radius 1 is 1.24 bits per heavy atom. The molecule has 0 aliphatic heterocycles. The number of carbonyl (C=O) groups is 1. The van der Waals surface area contributed by atoms with Crippen LogP contribution in [-0.4, -0.2) is 15.6 Å². The van der Waals surface area contributed by atoms with Crippen molar-refractivity contribution in [2.24, 2.45) is 7.05 Å². The lowest BCUT2D eigenvalue weighted by molar-refractivity contribution is -0.138. The standard InChI is InChI=1S/C14H15NO2/c1-15-9-5-8-13(15)12(14(16)17)10-11-6-3-2-4-7-11/h2-9,12H,10H2,1H3,(H,16,17). The first kappa shape index (κ1) is 11.5. The van der Waals surface area contributed by atoms with Crippen molar-refractivity contribution in [1.29, 1.82) is 0 Å². The maximum absolute atomic E-state index is 11.3. The van der Waals surface area contributed by atoms with Crippen molar-refractivity contribution in [3.8, 4) is 0 Å². The number of nitrogens with zero attached hydrogens (tertiary/aromatic N) is 1. The van der Waals surface area contributed by atoms with Crippen LogP contribution >= 0.6 is 0 Å². The van der Waals surface area contributed by atoms with Crippen LogP contribution in [0, 0.1) is 0 Å². The molecule has 0 bridgehead atoms. The van der Waals surface area contributed by atoms with Gasteiger partial charge >= 0.3 is 5.97 Å². The summed E-state index contributed by atoms with van der Waals surface area (Å²) in [5.41, 5.74) is 1.88. The molecule has 0 spiro atoms. The Morgan fingerprint density at radius 2 is 1.94 bits per heavy atom. The topological polar surface area (TPSA) is 42.2 Å². The van der Waals surface area contributed by atoms with Gasteiger partial charge in [0.05, 0.1) is 0 Å². The van der Waals surface area contributed by atoms with Crippen LogP contribution in [0.25, 0.3) is 0 Å². The number of hydrogen-bond acceptors (Lipinski definition) is 1. The van der Waals surface area contributed by atoms with E-state index in [1.807, 2.05) is 60.3 Å². The summed E-state index contributed by atoms with van der Waals surface area (Å²) in [5, 5.41) is 9.32. The molecule has 3 nitrogen and oxygen atoms in total. The molecule has 1 heterocycles. The Labute approximate surface area is 100 Å². The highest BCUT2D eigenvalue weighted by atomic mass is 16.4. The Kier molecular flexibility index (Phi) is 3.28. The van der Waals surface area contributed by atoms with Crippen LogP contribution in [0.1, 0.15) is 17.2 Å². The van der Waals surface area contributed by atoms with Gasteiger partial charge in [-0.15, -0.1) is 0 Å². The third-order valence-corrected chi connectivity index (χ3v) is 2.92. The van der Waals surface area contributed by atoms with E-state index in [1.165, 1.54) is 0 Å².